The van der Waals surface area contributed by atoms with Gasteiger partial charge in [0, 0.05) is 0 Å². The van der Waals surface area contributed by atoms with Crippen molar-refractivity contribution in [3.05, 3.63) is 0 Å². The second-order valence-electron chi connectivity index (χ2n) is 3.65. The fourth-order valence-corrected chi connectivity index (χ4v) is 1.31. The number of carbonyl (C=O) groups excluding carboxylic acids is 1. The van der Waals surface area contributed by atoms with Crippen LogP contribution in [0.1, 0.15) is 52.4 Å². The molecule has 0 saturated heterocycles. The van der Waals surface area contributed by atoms with Crippen LogP contribution in [0, 0.1) is 0 Å². The topological polar surface area (TPSA) is 66.2 Å². The van der Waals surface area contributed by atoms with Crippen LogP contribution in [0.25, 0.3) is 0 Å². The van der Waals surface area contributed by atoms with Crippen LogP contribution in [0.15, 0.2) is 0 Å². The molecule has 0 bridgehead atoms. The number of carbonyl (C=O) groups is 1. The summed E-state index contributed by atoms with van der Waals surface area (Å²) in [5.41, 5.74) is 4.66. The number of aliphatic carboxylic acids is 1. The van der Waals surface area contributed by atoms with Gasteiger partial charge in [0.25, 0.3) is 0 Å². The Morgan fingerprint density at radius 2 is 1.57 bits per heavy atom. The van der Waals surface area contributed by atoms with Gasteiger partial charge < -0.3 is 15.6 Å². The van der Waals surface area contributed by atoms with E-state index in [1.807, 2.05) is 13.8 Å². The SMILES string of the molecule is CCCCC(N)(CCCC)C(=O)[O-].[Na+]. The van der Waals surface area contributed by atoms with Crippen molar-refractivity contribution < 1.29 is 39.5 Å². The maximum atomic E-state index is 10.8. The minimum Gasteiger partial charge on any atom is -0.548 e. The van der Waals surface area contributed by atoms with Crippen LogP contribution in [0.2, 0.25) is 0 Å². The van der Waals surface area contributed by atoms with E-state index >= 15 is 0 Å². The van der Waals surface area contributed by atoms with Gasteiger partial charge in [-0.1, -0.05) is 39.5 Å². The summed E-state index contributed by atoms with van der Waals surface area (Å²) in [4.78, 5) is 10.8. The fourth-order valence-electron chi connectivity index (χ4n) is 1.31. The van der Waals surface area contributed by atoms with Crippen LogP contribution >= 0.6 is 0 Å². The van der Waals surface area contributed by atoms with Crippen molar-refractivity contribution in [2.45, 2.75) is 57.9 Å². The average molecular weight is 209 g/mol. The summed E-state index contributed by atoms with van der Waals surface area (Å²) in [7, 11) is 0. The Morgan fingerprint density at radius 3 is 1.79 bits per heavy atom. The number of rotatable bonds is 7. The van der Waals surface area contributed by atoms with Gasteiger partial charge in [0.2, 0.25) is 0 Å². The molecule has 14 heavy (non-hydrogen) atoms. The summed E-state index contributed by atoms with van der Waals surface area (Å²) < 4.78 is 0. The van der Waals surface area contributed by atoms with E-state index < -0.39 is 11.5 Å². The number of hydrogen-bond donors (Lipinski definition) is 1. The second kappa shape index (κ2) is 8.72. The van der Waals surface area contributed by atoms with Gasteiger partial charge >= 0.3 is 29.6 Å². The monoisotopic (exact) mass is 209 g/mol. The van der Waals surface area contributed by atoms with E-state index in [0.29, 0.717) is 12.8 Å². The van der Waals surface area contributed by atoms with Gasteiger partial charge in [-0.3, -0.25) is 0 Å². The molecule has 2 N–H and O–H groups in total. The molecule has 0 atom stereocenters. The zero-order valence-corrected chi connectivity index (χ0v) is 11.6. The molecule has 0 aliphatic rings. The molecule has 78 valence electrons. The predicted molar refractivity (Wildman–Crippen MR) is 51.0 cm³/mol. The Hall–Kier alpha value is 0.430. The minimum atomic E-state index is -1.10. The maximum Gasteiger partial charge on any atom is 1.00 e. The number of carboxylic acid groups (broad SMARTS) is 1. The Balaban J connectivity index is 0. The van der Waals surface area contributed by atoms with Crippen molar-refractivity contribution in [2.24, 2.45) is 5.73 Å². The zero-order valence-electron chi connectivity index (χ0n) is 9.64. The van der Waals surface area contributed by atoms with Crippen LogP contribution < -0.4 is 40.4 Å². The van der Waals surface area contributed by atoms with Crippen molar-refractivity contribution in [3.63, 3.8) is 0 Å². The van der Waals surface area contributed by atoms with E-state index in [0.717, 1.165) is 25.7 Å². The summed E-state index contributed by atoms with van der Waals surface area (Å²) in [6, 6.07) is 0. The maximum absolute atomic E-state index is 10.8. The van der Waals surface area contributed by atoms with Crippen molar-refractivity contribution >= 4 is 5.97 Å². The summed E-state index contributed by atoms with van der Waals surface area (Å²) in [5.74, 6) is -1.10. The largest absolute Gasteiger partial charge is 1.00 e. The standard InChI is InChI=1S/C10H21NO2.Na/c1-3-5-7-10(11,9(12)13)8-6-4-2;/h3-8,11H2,1-2H3,(H,12,13);/q;+1/p-1. The molecular formula is C10H20NNaO2. The van der Waals surface area contributed by atoms with Gasteiger partial charge in [-0.25, -0.2) is 0 Å². The zero-order chi connectivity index (χ0) is 10.3. The number of hydrogen-bond acceptors (Lipinski definition) is 3. The Bertz CT molecular complexity index is 154. The third-order valence-electron chi connectivity index (χ3n) is 2.36. The molecule has 0 spiro atoms. The van der Waals surface area contributed by atoms with E-state index in [4.69, 9.17) is 5.73 Å². The normalized spacial score (nSPS) is 10.8. The van der Waals surface area contributed by atoms with Gasteiger partial charge in [-0.05, 0) is 12.8 Å². The summed E-state index contributed by atoms with van der Waals surface area (Å²) >= 11 is 0. The minimum absolute atomic E-state index is 0. The summed E-state index contributed by atoms with van der Waals surface area (Å²) in [5, 5.41) is 10.8. The molecule has 0 rings (SSSR count). The van der Waals surface area contributed by atoms with Crippen LogP contribution in [-0.2, 0) is 4.79 Å². The molecule has 0 saturated carbocycles. The van der Waals surface area contributed by atoms with Crippen LogP contribution in [0.5, 0.6) is 0 Å². The van der Waals surface area contributed by atoms with E-state index in [9.17, 15) is 9.90 Å². The molecule has 0 radical (unpaired) electrons. The number of nitrogens with two attached hydrogens (primary N) is 1. The molecule has 4 heteroatoms. The van der Waals surface area contributed by atoms with E-state index in [1.54, 1.807) is 0 Å². The van der Waals surface area contributed by atoms with Crippen molar-refractivity contribution in [3.8, 4) is 0 Å². The van der Waals surface area contributed by atoms with E-state index in [2.05, 4.69) is 0 Å². The molecule has 3 nitrogen and oxygen atoms in total. The van der Waals surface area contributed by atoms with Gasteiger partial charge in [0.05, 0.1) is 11.5 Å². The fraction of sp³-hybridized carbons (Fsp3) is 0.900. The predicted octanol–water partition coefficient (Wildman–Crippen LogP) is -2.18. The molecule has 0 aromatic heterocycles. The van der Waals surface area contributed by atoms with Crippen LogP contribution in [0.4, 0.5) is 0 Å². The molecule has 0 fully saturated rings. The van der Waals surface area contributed by atoms with Crippen LogP contribution in [-0.4, -0.2) is 11.5 Å². The van der Waals surface area contributed by atoms with Gasteiger partial charge in [-0.2, -0.15) is 0 Å². The molecule has 0 aliphatic heterocycles. The summed E-state index contributed by atoms with van der Waals surface area (Å²) in [6.45, 7) is 4.05. The molecule has 0 aliphatic carbocycles. The first-order valence-electron chi connectivity index (χ1n) is 5.07. The molecule has 0 amide bonds. The smallest absolute Gasteiger partial charge is 0.548 e. The molecule has 0 unspecified atom stereocenters. The third kappa shape index (κ3) is 6.02. The number of unbranched alkanes of at least 4 members (excludes halogenated alkanes) is 2. The average Bonchev–Trinajstić information content (AvgIpc) is 2.11. The van der Waals surface area contributed by atoms with E-state index in [-0.39, 0.29) is 29.6 Å². The van der Waals surface area contributed by atoms with E-state index in [1.165, 1.54) is 0 Å². The first kappa shape index (κ1) is 16.8. The van der Waals surface area contributed by atoms with Crippen molar-refractivity contribution in [1.82, 2.24) is 0 Å². The molecule has 0 aromatic rings. The van der Waals surface area contributed by atoms with Crippen LogP contribution in [0.3, 0.4) is 0 Å². The molecular weight excluding hydrogens is 189 g/mol. The number of carboxylic acids is 1. The molecule has 0 heterocycles. The first-order valence-corrected chi connectivity index (χ1v) is 5.07. The van der Waals surface area contributed by atoms with Gasteiger partial charge in [0.1, 0.15) is 0 Å². The Morgan fingerprint density at radius 1 is 1.21 bits per heavy atom. The quantitative estimate of drug-likeness (QED) is 0.485. The summed E-state index contributed by atoms with van der Waals surface area (Å²) in [6.07, 6.45) is 4.72. The second-order valence-corrected chi connectivity index (χ2v) is 3.65. The Labute approximate surface area is 109 Å². The third-order valence-corrected chi connectivity index (χ3v) is 2.36. The molecule has 0 aromatic carbocycles. The first-order chi connectivity index (χ1) is 6.06. The van der Waals surface area contributed by atoms with Gasteiger partial charge in [0.15, 0.2) is 0 Å². The Kier molecular flexibility index (Phi) is 10.5. The van der Waals surface area contributed by atoms with Crippen molar-refractivity contribution in [1.29, 1.82) is 0 Å². The van der Waals surface area contributed by atoms with Gasteiger partial charge in [-0.15, -0.1) is 0 Å². The van der Waals surface area contributed by atoms with Crippen molar-refractivity contribution in [2.75, 3.05) is 0 Å².